The number of hydrogen-bond acceptors (Lipinski definition) is 7. The van der Waals surface area contributed by atoms with Gasteiger partial charge in [-0.05, 0) is 106 Å². The molecule has 10 heteroatoms. The Morgan fingerprint density at radius 3 is 1.22 bits per heavy atom. The average molecular weight is 719 g/mol. The molecule has 0 spiro atoms. The van der Waals surface area contributed by atoms with Crippen LogP contribution in [0.1, 0.15) is 191 Å². The van der Waals surface area contributed by atoms with Crippen molar-refractivity contribution in [3.63, 3.8) is 0 Å². The third-order valence-corrected chi connectivity index (χ3v) is 8.64. The molecule has 0 aromatic carbocycles. The van der Waals surface area contributed by atoms with Gasteiger partial charge in [0.05, 0.1) is 16.2 Å². The number of ether oxygens (including phenoxy) is 3. The van der Waals surface area contributed by atoms with Gasteiger partial charge in [0.1, 0.15) is 18.0 Å². The molecule has 2 rings (SSSR count). The Bertz CT molecular complexity index is 880. The summed E-state index contributed by atoms with van der Waals surface area (Å²) in [6.45, 7) is 17.4. The van der Waals surface area contributed by atoms with Gasteiger partial charge in [-0.3, -0.25) is 19.2 Å². The Balaban J connectivity index is -0.000000102. The predicted molar refractivity (Wildman–Crippen MR) is 201 cm³/mol. The number of halogens is 3. The van der Waals surface area contributed by atoms with Gasteiger partial charge in [0.25, 0.3) is 0 Å². The number of Topliss-reactive ketones (excluding diaryl/α,β-unsaturated/α-hetero) is 1. The second-order valence-electron chi connectivity index (χ2n) is 13.6. The fourth-order valence-corrected chi connectivity index (χ4v) is 3.66. The molecule has 0 heterocycles. The summed E-state index contributed by atoms with van der Waals surface area (Å²) >= 11 is 0. The summed E-state index contributed by atoms with van der Waals surface area (Å²) in [6, 6.07) is 0. The van der Waals surface area contributed by atoms with Crippen LogP contribution in [0.15, 0.2) is 0 Å². The number of hydrogen-bond donors (Lipinski definition) is 0. The van der Waals surface area contributed by atoms with Crippen molar-refractivity contribution in [3.05, 3.63) is 0 Å². The third-order valence-electron chi connectivity index (χ3n) is 8.64. The molecule has 2 aliphatic rings. The summed E-state index contributed by atoms with van der Waals surface area (Å²) in [7, 11) is 0. The monoisotopic (exact) mass is 719 g/mol. The van der Waals surface area contributed by atoms with E-state index in [4.69, 9.17) is 9.47 Å². The molecule has 0 aliphatic heterocycles. The first kappa shape index (κ1) is 62.0. The molecule has 0 aromatic rings. The molecule has 0 amide bonds. The van der Waals surface area contributed by atoms with Crippen LogP contribution in [0.25, 0.3) is 0 Å². The zero-order valence-corrected chi connectivity index (χ0v) is 28.2. The van der Waals surface area contributed by atoms with E-state index in [1.54, 1.807) is 20.8 Å². The first-order valence-corrected chi connectivity index (χ1v) is 15.8. The summed E-state index contributed by atoms with van der Waals surface area (Å²) in [4.78, 5) is 45.7. The molecule has 1 atom stereocenters. The molecule has 0 N–H and O–H groups in total. The Labute approximate surface area is 301 Å². The lowest BCUT2D eigenvalue weighted by Gasteiger charge is -2.27. The van der Waals surface area contributed by atoms with Crippen LogP contribution in [0.5, 0.6) is 0 Å². The zero-order chi connectivity index (χ0) is 33.6. The highest BCUT2D eigenvalue weighted by molar-refractivity contribution is 5.80. The molecule has 7 nitrogen and oxygen atoms in total. The summed E-state index contributed by atoms with van der Waals surface area (Å²) in [5.74, 6) is -0.682. The van der Waals surface area contributed by atoms with Crippen LogP contribution >= 0.6 is 0 Å². The van der Waals surface area contributed by atoms with Crippen molar-refractivity contribution in [3.8, 4) is 0 Å². The zero-order valence-electron chi connectivity index (χ0n) is 28.2. The van der Waals surface area contributed by atoms with E-state index < -0.39 is 29.1 Å². The molecule has 2 saturated carbocycles. The molecule has 1 unspecified atom stereocenters. The van der Waals surface area contributed by atoms with Gasteiger partial charge < -0.3 is 14.2 Å². The summed E-state index contributed by atoms with van der Waals surface area (Å²) < 4.78 is 51.3. The van der Waals surface area contributed by atoms with Gasteiger partial charge >= 0.3 is 24.1 Å². The van der Waals surface area contributed by atoms with Crippen LogP contribution in [-0.4, -0.2) is 48.2 Å². The molecule has 0 bridgehead atoms. The van der Waals surface area contributed by atoms with Gasteiger partial charge in [-0.2, -0.15) is 13.2 Å². The number of alkyl halides is 3. The standard InChI is InChI=1S/C12H20O3.C12H22O2.C9H15F3O2.6CH4/c1-4-12(2,3)11(14)15-10-7-5-9(13)6-8-10;1-4-12(2,3)11(13)14-10-8-6-5-7-9-10;1-5-8(3,4)7(13)14-6(2)9(10,11)12;;;;;;/h10H,4-8H2,1-3H3;10H,4-9H2,1-3H3;6H,5H2,1-4H3;6*1H4. The Morgan fingerprint density at radius 1 is 0.612 bits per heavy atom. The predicted octanol–water partition coefficient (Wildman–Crippen LogP) is 12.5. The number of esters is 3. The number of carbonyl (C=O) groups excluding carboxylic acids is 4. The minimum absolute atomic E-state index is 0. The van der Waals surface area contributed by atoms with E-state index in [1.165, 1.54) is 19.3 Å². The van der Waals surface area contributed by atoms with Gasteiger partial charge in [0.2, 0.25) is 0 Å². The van der Waals surface area contributed by atoms with Gasteiger partial charge in [-0.1, -0.05) is 71.8 Å². The first-order valence-electron chi connectivity index (χ1n) is 15.8. The minimum atomic E-state index is -4.49. The minimum Gasteiger partial charge on any atom is -0.462 e. The van der Waals surface area contributed by atoms with Crippen molar-refractivity contribution in [2.45, 2.75) is 215 Å². The smallest absolute Gasteiger partial charge is 0.425 e. The first-order chi connectivity index (χ1) is 19.6. The summed E-state index contributed by atoms with van der Waals surface area (Å²) in [6.07, 6.45) is 4.05. The number of carbonyl (C=O) groups is 4. The van der Waals surface area contributed by atoms with E-state index in [0.29, 0.717) is 32.1 Å². The van der Waals surface area contributed by atoms with Gasteiger partial charge in [-0.15, -0.1) is 0 Å². The van der Waals surface area contributed by atoms with Gasteiger partial charge in [0.15, 0.2) is 6.10 Å². The van der Waals surface area contributed by atoms with E-state index >= 15 is 0 Å². The van der Waals surface area contributed by atoms with E-state index in [1.807, 2.05) is 41.5 Å². The molecule has 2 aliphatic carbocycles. The lowest BCUT2D eigenvalue weighted by Crippen LogP contribution is -2.36. The van der Waals surface area contributed by atoms with E-state index in [-0.39, 0.29) is 79.9 Å². The molecule has 300 valence electrons. The second-order valence-corrected chi connectivity index (χ2v) is 13.6. The van der Waals surface area contributed by atoms with Crippen molar-refractivity contribution < 1.29 is 46.6 Å². The highest BCUT2D eigenvalue weighted by Crippen LogP contribution is 2.29. The normalized spacial score (nSPS) is 15.7. The van der Waals surface area contributed by atoms with E-state index in [2.05, 4.69) is 4.74 Å². The molecule has 0 saturated heterocycles. The summed E-state index contributed by atoms with van der Waals surface area (Å²) in [5, 5.41) is 0. The Morgan fingerprint density at radius 2 is 0.918 bits per heavy atom. The average Bonchev–Trinajstić information content (AvgIpc) is 2.94. The largest absolute Gasteiger partial charge is 0.462 e. The van der Waals surface area contributed by atoms with Crippen LogP contribution in [-0.2, 0) is 33.4 Å². The fourth-order valence-electron chi connectivity index (χ4n) is 3.66. The number of rotatable bonds is 9. The molecule has 49 heavy (non-hydrogen) atoms. The van der Waals surface area contributed by atoms with Crippen LogP contribution in [0, 0.1) is 16.2 Å². The van der Waals surface area contributed by atoms with Gasteiger partial charge in [-0.25, -0.2) is 0 Å². The molecular weight excluding hydrogens is 637 g/mol. The van der Waals surface area contributed by atoms with Crippen molar-refractivity contribution in [2.24, 2.45) is 16.2 Å². The maximum atomic E-state index is 12.0. The van der Waals surface area contributed by atoms with E-state index in [0.717, 1.165) is 32.6 Å². The van der Waals surface area contributed by atoms with Crippen LogP contribution in [0.4, 0.5) is 13.2 Å². The maximum absolute atomic E-state index is 12.0. The Hall–Kier alpha value is -2.13. The van der Waals surface area contributed by atoms with Crippen LogP contribution in [0.2, 0.25) is 0 Å². The topological polar surface area (TPSA) is 96.0 Å². The molecule has 0 radical (unpaired) electrons. The van der Waals surface area contributed by atoms with Crippen molar-refractivity contribution in [1.82, 2.24) is 0 Å². The number of ketones is 1. The highest BCUT2D eigenvalue weighted by atomic mass is 19.4. The van der Waals surface area contributed by atoms with E-state index in [9.17, 15) is 32.3 Å². The molecular formula is C39H81F3O7. The second kappa shape index (κ2) is 27.6. The van der Waals surface area contributed by atoms with Crippen molar-refractivity contribution in [1.29, 1.82) is 0 Å². The van der Waals surface area contributed by atoms with Crippen molar-refractivity contribution in [2.75, 3.05) is 0 Å². The van der Waals surface area contributed by atoms with Crippen molar-refractivity contribution >= 4 is 23.7 Å². The third kappa shape index (κ3) is 23.8. The Kier molecular flexibility index (Phi) is 34.9. The van der Waals surface area contributed by atoms with Crippen LogP contribution < -0.4 is 0 Å². The SMILES string of the molecule is C.C.C.C.C.C.CCC(C)(C)C(=O)OC(C)C(F)(F)F.CCC(C)(C)C(=O)OC1CCC(=O)CC1.CCC(C)(C)C(=O)OC1CCCCC1. The lowest BCUT2D eigenvalue weighted by atomic mass is 9.90. The lowest BCUT2D eigenvalue weighted by molar-refractivity contribution is -0.221. The molecule has 2 fully saturated rings. The summed E-state index contributed by atoms with van der Waals surface area (Å²) in [5.41, 5.74) is -1.57. The van der Waals surface area contributed by atoms with Gasteiger partial charge in [0, 0.05) is 12.8 Å². The highest BCUT2D eigenvalue weighted by Gasteiger charge is 2.41. The quantitative estimate of drug-likeness (QED) is 0.173. The van der Waals surface area contributed by atoms with Crippen LogP contribution in [0.3, 0.4) is 0 Å². The fraction of sp³-hybridized carbons (Fsp3) is 0.897. The maximum Gasteiger partial charge on any atom is 0.425 e. The molecule has 0 aromatic heterocycles.